The van der Waals surface area contributed by atoms with Crippen molar-refractivity contribution in [2.24, 2.45) is 11.3 Å². The van der Waals surface area contributed by atoms with Gasteiger partial charge in [0.15, 0.2) is 5.82 Å². The highest BCUT2D eigenvalue weighted by molar-refractivity contribution is 5.76. The molecule has 1 aromatic carbocycles. The van der Waals surface area contributed by atoms with Gasteiger partial charge in [-0.15, -0.1) is 0 Å². The van der Waals surface area contributed by atoms with Gasteiger partial charge in [0.25, 0.3) is 5.56 Å². The van der Waals surface area contributed by atoms with E-state index in [0.717, 1.165) is 23.7 Å². The molecule has 2 bridgehead atoms. The predicted molar refractivity (Wildman–Crippen MR) is 87.5 cm³/mol. The Morgan fingerprint density at radius 3 is 2.88 bits per heavy atom. The molecular weight excluding hydrogens is 304 g/mol. The number of aromatic nitrogens is 4. The predicted octanol–water partition coefficient (Wildman–Crippen LogP) is 2.36. The average Bonchev–Trinajstić information content (AvgIpc) is 2.97. The number of para-hydroxylation sites is 1. The summed E-state index contributed by atoms with van der Waals surface area (Å²) in [6.45, 7) is 0.503. The molecule has 3 aromatic rings. The highest BCUT2D eigenvalue weighted by atomic mass is 16.5. The quantitative estimate of drug-likeness (QED) is 0.721. The second kappa shape index (κ2) is 5.00. The molecule has 0 radical (unpaired) electrons. The van der Waals surface area contributed by atoms with Crippen LogP contribution in [0.1, 0.15) is 31.0 Å². The highest BCUT2D eigenvalue weighted by Crippen LogP contribution is 2.65. The van der Waals surface area contributed by atoms with Gasteiger partial charge in [-0.1, -0.05) is 17.3 Å². The van der Waals surface area contributed by atoms with E-state index in [1.807, 2.05) is 18.2 Å². The summed E-state index contributed by atoms with van der Waals surface area (Å²) in [5.74, 6) is 2.36. The third-order valence-electron chi connectivity index (χ3n) is 5.51. The van der Waals surface area contributed by atoms with Crippen LogP contribution in [0.5, 0.6) is 0 Å². The first kappa shape index (κ1) is 13.9. The van der Waals surface area contributed by atoms with Crippen LogP contribution in [0, 0.1) is 11.3 Å². The van der Waals surface area contributed by atoms with Crippen LogP contribution >= 0.6 is 0 Å². The smallest absolute Gasteiger partial charge is 0.261 e. The van der Waals surface area contributed by atoms with Crippen LogP contribution in [0.2, 0.25) is 0 Å². The van der Waals surface area contributed by atoms with Crippen molar-refractivity contribution in [2.45, 2.75) is 38.6 Å². The van der Waals surface area contributed by atoms with Gasteiger partial charge in [0.1, 0.15) is 0 Å². The standard InChI is InChI=1S/C18H18N4O2/c23-17-13-3-1-2-4-14(13)19-11-22(17)6-5-15-20-16(24-21-15)10-18-7-12(8-18)9-18/h1-4,11-12H,5-10H2. The molecule has 2 aromatic heterocycles. The lowest BCUT2D eigenvalue weighted by atomic mass is 9.43. The Labute approximate surface area is 138 Å². The lowest BCUT2D eigenvalue weighted by molar-refractivity contribution is -0.109. The maximum absolute atomic E-state index is 12.5. The fourth-order valence-electron chi connectivity index (χ4n) is 4.14. The van der Waals surface area contributed by atoms with Gasteiger partial charge in [-0.3, -0.25) is 9.36 Å². The molecule has 0 unspecified atom stereocenters. The van der Waals surface area contributed by atoms with Crippen molar-refractivity contribution in [3.8, 4) is 0 Å². The van der Waals surface area contributed by atoms with Crippen molar-refractivity contribution < 1.29 is 4.52 Å². The van der Waals surface area contributed by atoms with Gasteiger partial charge in [0, 0.05) is 19.4 Å². The SMILES string of the molecule is O=c1c2ccccc2ncn1CCc1noc(CC23CC(C2)C3)n1. The number of aryl methyl sites for hydroxylation is 2. The maximum Gasteiger partial charge on any atom is 0.261 e. The largest absolute Gasteiger partial charge is 0.339 e. The zero-order valence-electron chi connectivity index (χ0n) is 13.3. The van der Waals surface area contributed by atoms with Gasteiger partial charge in [-0.2, -0.15) is 4.98 Å². The number of nitrogens with zero attached hydrogens (tertiary/aromatic N) is 4. The second-order valence-electron chi connectivity index (χ2n) is 7.27. The number of hydrogen-bond acceptors (Lipinski definition) is 5. The molecule has 3 aliphatic carbocycles. The molecule has 122 valence electrons. The van der Waals surface area contributed by atoms with E-state index in [1.54, 1.807) is 17.0 Å². The summed E-state index contributed by atoms with van der Waals surface area (Å²) in [4.78, 5) is 21.3. The van der Waals surface area contributed by atoms with E-state index >= 15 is 0 Å². The minimum Gasteiger partial charge on any atom is -0.339 e. The monoisotopic (exact) mass is 322 g/mol. The van der Waals surface area contributed by atoms with E-state index in [9.17, 15) is 4.79 Å². The Kier molecular flexibility index (Phi) is 2.89. The second-order valence-corrected chi connectivity index (χ2v) is 7.27. The molecule has 3 saturated carbocycles. The third kappa shape index (κ3) is 2.17. The van der Waals surface area contributed by atoms with Crippen molar-refractivity contribution in [1.82, 2.24) is 19.7 Å². The zero-order chi connectivity index (χ0) is 16.1. The molecule has 0 amide bonds. The van der Waals surface area contributed by atoms with Crippen molar-refractivity contribution >= 4 is 10.9 Å². The average molecular weight is 322 g/mol. The van der Waals surface area contributed by atoms with Crippen molar-refractivity contribution in [2.75, 3.05) is 0 Å². The molecule has 24 heavy (non-hydrogen) atoms. The maximum atomic E-state index is 12.5. The van der Waals surface area contributed by atoms with Crippen LogP contribution < -0.4 is 5.56 Å². The van der Waals surface area contributed by atoms with Crippen LogP contribution in [0.15, 0.2) is 39.9 Å². The molecule has 6 rings (SSSR count). The molecule has 0 spiro atoms. The van der Waals surface area contributed by atoms with E-state index in [0.29, 0.717) is 29.6 Å². The molecule has 0 aliphatic heterocycles. The van der Waals surface area contributed by atoms with E-state index in [4.69, 9.17) is 4.52 Å². The van der Waals surface area contributed by atoms with Crippen LogP contribution in [0.4, 0.5) is 0 Å². The number of rotatable bonds is 5. The highest BCUT2D eigenvalue weighted by Gasteiger charge is 2.56. The third-order valence-corrected chi connectivity index (χ3v) is 5.51. The summed E-state index contributed by atoms with van der Waals surface area (Å²) < 4.78 is 7.00. The minimum atomic E-state index is -0.0295. The van der Waals surface area contributed by atoms with Gasteiger partial charge in [0.2, 0.25) is 5.89 Å². The Hall–Kier alpha value is -2.50. The summed E-state index contributed by atoms with van der Waals surface area (Å²) >= 11 is 0. The van der Waals surface area contributed by atoms with Crippen LogP contribution in [-0.4, -0.2) is 19.7 Å². The number of hydrogen-bond donors (Lipinski definition) is 0. The topological polar surface area (TPSA) is 73.8 Å². The minimum absolute atomic E-state index is 0.0295. The van der Waals surface area contributed by atoms with Gasteiger partial charge >= 0.3 is 0 Å². The molecule has 3 fully saturated rings. The van der Waals surface area contributed by atoms with E-state index in [2.05, 4.69) is 15.1 Å². The Bertz CT molecular complexity index is 957. The molecule has 2 heterocycles. The fourth-order valence-corrected chi connectivity index (χ4v) is 4.14. The molecule has 0 saturated heterocycles. The van der Waals surface area contributed by atoms with E-state index in [1.165, 1.54) is 19.3 Å². The summed E-state index contributed by atoms with van der Waals surface area (Å²) in [7, 11) is 0. The summed E-state index contributed by atoms with van der Waals surface area (Å²) in [5.41, 5.74) is 1.16. The molecule has 6 heteroatoms. The summed E-state index contributed by atoms with van der Waals surface area (Å²) in [6, 6.07) is 7.38. The number of fused-ring (bicyclic) bond motifs is 1. The van der Waals surface area contributed by atoms with Crippen molar-refractivity contribution in [1.29, 1.82) is 0 Å². The van der Waals surface area contributed by atoms with Gasteiger partial charge < -0.3 is 4.52 Å². The van der Waals surface area contributed by atoms with Gasteiger partial charge in [0.05, 0.1) is 17.2 Å². The molecule has 3 aliphatic rings. The lowest BCUT2D eigenvalue weighted by Crippen LogP contribution is -2.52. The first-order chi connectivity index (χ1) is 11.7. The van der Waals surface area contributed by atoms with Gasteiger partial charge in [-0.25, -0.2) is 4.98 Å². The molecule has 0 N–H and O–H groups in total. The first-order valence-corrected chi connectivity index (χ1v) is 8.46. The Balaban J connectivity index is 1.30. The summed E-state index contributed by atoms with van der Waals surface area (Å²) in [6.07, 6.45) is 7.04. The summed E-state index contributed by atoms with van der Waals surface area (Å²) in [5, 5.41) is 4.70. The van der Waals surface area contributed by atoms with E-state index in [-0.39, 0.29) is 5.56 Å². The Morgan fingerprint density at radius 2 is 2.08 bits per heavy atom. The van der Waals surface area contributed by atoms with E-state index < -0.39 is 0 Å². The van der Waals surface area contributed by atoms with Crippen molar-refractivity contribution in [3.05, 3.63) is 52.7 Å². The Morgan fingerprint density at radius 1 is 1.25 bits per heavy atom. The molecule has 6 nitrogen and oxygen atoms in total. The molecular formula is C18H18N4O2. The van der Waals surface area contributed by atoms with Crippen molar-refractivity contribution in [3.63, 3.8) is 0 Å². The van der Waals surface area contributed by atoms with Gasteiger partial charge in [-0.05, 0) is 42.7 Å². The lowest BCUT2D eigenvalue weighted by Gasteiger charge is -2.61. The molecule has 0 atom stereocenters. The van der Waals surface area contributed by atoms with Crippen LogP contribution in [-0.2, 0) is 19.4 Å². The first-order valence-electron chi connectivity index (χ1n) is 8.46. The number of benzene rings is 1. The fraction of sp³-hybridized carbons (Fsp3) is 0.444. The van der Waals surface area contributed by atoms with Crippen LogP contribution in [0.25, 0.3) is 10.9 Å². The zero-order valence-corrected chi connectivity index (χ0v) is 13.3. The van der Waals surface area contributed by atoms with Crippen LogP contribution in [0.3, 0.4) is 0 Å². The normalized spacial score (nSPS) is 24.6.